The second-order valence-corrected chi connectivity index (χ2v) is 8.91. The lowest BCUT2D eigenvalue weighted by Crippen LogP contribution is -2.46. The number of nitriles is 1. The number of nitrogens with zero attached hydrogens (tertiary/aromatic N) is 2. The first-order valence-electron chi connectivity index (χ1n) is 10.6. The first kappa shape index (κ1) is 24.9. The molecule has 0 saturated carbocycles. The summed E-state index contributed by atoms with van der Waals surface area (Å²) in [5.41, 5.74) is 1.60. The van der Waals surface area contributed by atoms with Crippen molar-refractivity contribution in [2.75, 3.05) is 18.6 Å². The van der Waals surface area contributed by atoms with Gasteiger partial charge in [0.05, 0.1) is 5.69 Å². The molecule has 0 bridgehead atoms. The smallest absolute Gasteiger partial charge is 0.408 e. The van der Waals surface area contributed by atoms with E-state index in [1.165, 1.54) is 11.8 Å². The van der Waals surface area contributed by atoms with Crippen molar-refractivity contribution in [2.45, 2.75) is 31.4 Å². The van der Waals surface area contributed by atoms with Gasteiger partial charge in [-0.05, 0) is 23.6 Å². The predicted molar refractivity (Wildman–Crippen MR) is 128 cm³/mol. The van der Waals surface area contributed by atoms with E-state index in [4.69, 9.17) is 9.47 Å². The Morgan fingerprint density at radius 3 is 2.38 bits per heavy atom. The zero-order chi connectivity index (χ0) is 24.7. The number of para-hydroxylation sites is 1. The molecule has 9 heteroatoms. The summed E-state index contributed by atoms with van der Waals surface area (Å²) in [6.07, 6.45) is -0.771. The highest BCUT2D eigenvalue weighted by Crippen LogP contribution is 2.46. The first-order chi connectivity index (χ1) is 16.3. The Morgan fingerprint density at radius 2 is 1.74 bits per heavy atom. The van der Waals surface area contributed by atoms with Crippen molar-refractivity contribution in [3.05, 3.63) is 70.8 Å². The van der Waals surface area contributed by atoms with Crippen LogP contribution in [0.15, 0.2) is 70.1 Å². The van der Waals surface area contributed by atoms with E-state index in [-0.39, 0.29) is 18.1 Å². The Kier molecular flexibility index (Phi) is 8.33. The third-order valence-electron chi connectivity index (χ3n) is 5.09. The number of Topliss-reactive ketones (excluding diaryl/α,β-unsaturated/α-hetero) is 1. The number of rotatable bonds is 8. The number of carbonyl (C=O) groups is 3. The number of amides is 1. The van der Waals surface area contributed by atoms with Crippen LogP contribution < -0.4 is 10.2 Å². The van der Waals surface area contributed by atoms with Gasteiger partial charge in [0.2, 0.25) is 5.78 Å². The van der Waals surface area contributed by atoms with Gasteiger partial charge >= 0.3 is 12.1 Å². The molecule has 2 aromatic rings. The molecule has 2 aromatic carbocycles. The van der Waals surface area contributed by atoms with Gasteiger partial charge in [-0.15, -0.1) is 0 Å². The fourth-order valence-corrected chi connectivity index (χ4v) is 4.40. The van der Waals surface area contributed by atoms with E-state index < -0.39 is 30.5 Å². The van der Waals surface area contributed by atoms with E-state index in [1.54, 1.807) is 25.8 Å². The molecule has 0 spiro atoms. The monoisotopic (exact) mass is 479 g/mol. The number of alkyl carbamates (subject to hydrolysis) is 1. The van der Waals surface area contributed by atoms with Gasteiger partial charge in [-0.1, -0.05) is 68.1 Å². The maximum Gasteiger partial charge on any atom is 0.408 e. The Labute approximate surface area is 202 Å². The summed E-state index contributed by atoms with van der Waals surface area (Å²) in [4.78, 5) is 40.2. The van der Waals surface area contributed by atoms with E-state index in [1.807, 2.05) is 60.7 Å². The minimum Gasteiger partial charge on any atom is -0.456 e. The van der Waals surface area contributed by atoms with Crippen LogP contribution in [-0.4, -0.2) is 37.5 Å². The van der Waals surface area contributed by atoms with Gasteiger partial charge in [0.25, 0.3) is 0 Å². The maximum atomic E-state index is 12.7. The van der Waals surface area contributed by atoms with Crippen molar-refractivity contribution in [1.82, 2.24) is 5.32 Å². The highest BCUT2D eigenvalue weighted by atomic mass is 32.2. The van der Waals surface area contributed by atoms with Crippen LogP contribution in [0.2, 0.25) is 0 Å². The number of thioether (sulfide) groups is 1. The lowest BCUT2D eigenvalue weighted by molar-refractivity contribution is -0.150. The zero-order valence-corrected chi connectivity index (χ0v) is 19.9. The molecule has 1 atom stereocenters. The Morgan fingerprint density at radius 1 is 1.06 bits per heavy atom. The third kappa shape index (κ3) is 5.97. The summed E-state index contributed by atoms with van der Waals surface area (Å²) in [5.74, 6) is -1.71. The van der Waals surface area contributed by atoms with Crippen LogP contribution in [0.4, 0.5) is 10.5 Å². The first-order valence-corrected chi connectivity index (χ1v) is 11.5. The Hall–Kier alpha value is -3.77. The fraction of sp³-hybridized carbons (Fsp3) is 0.280. The van der Waals surface area contributed by atoms with Gasteiger partial charge < -0.3 is 19.7 Å². The van der Waals surface area contributed by atoms with Crippen LogP contribution in [-0.2, 0) is 25.7 Å². The van der Waals surface area contributed by atoms with Crippen molar-refractivity contribution in [1.29, 1.82) is 5.26 Å². The van der Waals surface area contributed by atoms with Crippen molar-refractivity contribution in [2.24, 2.45) is 5.92 Å². The third-order valence-corrected chi connectivity index (χ3v) is 6.33. The van der Waals surface area contributed by atoms with Crippen LogP contribution in [0.25, 0.3) is 0 Å². The minimum absolute atomic E-state index is 0.0533. The summed E-state index contributed by atoms with van der Waals surface area (Å²) >= 11 is 1.31. The van der Waals surface area contributed by atoms with Gasteiger partial charge in [0.15, 0.2) is 6.61 Å². The van der Waals surface area contributed by atoms with E-state index in [0.717, 1.165) is 16.1 Å². The number of esters is 1. The number of hydrogen-bond donors (Lipinski definition) is 1. The molecular weight excluding hydrogens is 454 g/mol. The molecule has 0 fully saturated rings. The summed E-state index contributed by atoms with van der Waals surface area (Å²) in [6.45, 7) is 2.90. The largest absolute Gasteiger partial charge is 0.456 e. The number of ketones is 1. The molecule has 0 unspecified atom stereocenters. The highest BCUT2D eigenvalue weighted by Gasteiger charge is 2.30. The van der Waals surface area contributed by atoms with Crippen LogP contribution in [0.3, 0.4) is 0 Å². The SMILES string of the molecule is CC(C)[C@@H](NC(=O)OCc1ccccc1)C(=O)OCC(=O)/C(C#N)=C1\Sc2ccccc2N1C. The summed E-state index contributed by atoms with van der Waals surface area (Å²) in [5, 5.41) is 12.6. The van der Waals surface area contributed by atoms with Crippen molar-refractivity contribution in [3.8, 4) is 6.07 Å². The summed E-state index contributed by atoms with van der Waals surface area (Å²) < 4.78 is 10.3. The number of carbonyl (C=O) groups excluding carboxylic acids is 3. The molecular formula is C25H25N3O5S. The molecule has 0 saturated heterocycles. The summed E-state index contributed by atoms with van der Waals surface area (Å²) in [6, 6.07) is 17.6. The van der Waals surface area contributed by atoms with Crippen molar-refractivity contribution >= 4 is 35.3 Å². The van der Waals surface area contributed by atoms with Gasteiger partial charge in [-0.3, -0.25) is 4.79 Å². The molecule has 1 heterocycles. The van der Waals surface area contributed by atoms with Crippen LogP contribution >= 0.6 is 11.8 Å². The number of nitrogens with one attached hydrogen (secondary N) is 1. The number of hydrogen-bond acceptors (Lipinski definition) is 8. The van der Waals surface area contributed by atoms with E-state index in [2.05, 4.69) is 5.32 Å². The number of anilines is 1. The second-order valence-electron chi connectivity index (χ2n) is 7.88. The van der Waals surface area contributed by atoms with Crippen molar-refractivity contribution in [3.63, 3.8) is 0 Å². The zero-order valence-electron chi connectivity index (χ0n) is 19.1. The molecule has 0 aromatic heterocycles. The van der Waals surface area contributed by atoms with Crippen LogP contribution in [0.1, 0.15) is 19.4 Å². The van der Waals surface area contributed by atoms with Crippen LogP contribution in [0.5, 0.6) is 0 Å². The molecule has 0 aliphatic carbocycles. The molecule has 1 amide bonds. The predicted octanol–water partition coefficient (Wildman–Crippen LogP) is 4.03. The number of fused-ring (bicyclic) bond motifs is 1. The molecule has 1 aliphatic rings. The lowest BCUT2D eigenvalue weighted by Gasteiger charge is -2.20. The standard InChI is InChI=1S/C25H25N3O5S/c1-16(2)22(27-25(31)33-14-17-9-5-4-6-10-17)24(30)32-15-20(29)18(13-26)23-28(3)19-11-7-8-12-21(19)34-23/h4-12,16,22H,14-15H2,1-3H3,(H,27,31)/b23-18-/t22-/m1/s1. The van der Waals surface area contributed by atoms with Crippen molar-refractivity contribution < 1.29 is 23.9 Å². The molecule has 34 heavy (non-hydrogen) atoms. The minimum atomic E-state index is -1.01. The van der Waals surface area contributed by atoms with Gasteiger partial charge in [0.1, 0.15) is 29.3 Å². The van der Waals surface area contributed by atoms with Crippen LogP contribution in [0, 0.1) is 17.2 Å². The quantitative estimate of drug-likeness (QED) is 0.343. The maximum absolute atomic E-state index is 12.7. The van der Waals surface area contributed by atoms with Gasteiger partial charge in [-0.25, -0.2) is 9.59 Å². The van der Waals surface area contributed by atoms with Gasteiger partial charge in [0, 0.05) is 11.9 Å². The molecule has 1 aliphatic heterocycles. The Bertz CT molecular complexity index is 1140. The molecule has 1 N–H and O–H groups in total. The second kappa shape index (κ2) is 11.4. The average molecular weight is 480 g/mol. The van der Waals surface area contributed by atoms with E-state index in [0.29, 0.717) is 5.03 Å². The van der Waals surface area contributed by atoms with E-state index in [9.17, 15) is 19.6 Å². The average Bonchev–Trinajstić information content (AvgIpc) is 3.17. The molecule has 3 rings (SSSR count). The van der Waals surface area contributed by atoms with E-state index >= 15 is 0 Å². The number of ether oxygens (including phenoxy) is 2. The fourth-order valence-electron chi connectivity index (χ4n) is 3.24. The lowest BCUT2D eigenvalue weighted by atomic mass is 10.1. The normalized spacial score (nSPS) is 14.6. The summed E-state index contributed by atoms with van der Waals surface area (Å²) in [7, 11) is 1.77. The highest BCUT2D eigenvalue weighted by molar-refractivity contribution is 8.03. The molecule has 176 valence electrons. The Balaban J connectivity index is 1.59. The number of benzene rings is 2. The molecule has 0 radical (unpaired) electrons. The topological polar surface area (TPSA) is 109 Å². The molecule has 8 nitrogen and oxygen atoms in total. The van der Waals surface area contributed by atoms with Gasteiger partial charge in [-0.2, -0.15) is 5.26 Å².